The molecule has 0 bridgehead atoms. The fourth-order valence-corrected chi connectivity index (χ4v) is 1.52. The first-order valence-corrected chi connectivity index (χ1v) is 6.30. The molecule has 1 aromatic rings. The predicted molar refractivity (Wildman–Crippen MR) is 73.7 cm³/mol. The summed E-state index contributed by atoms with van der Waals surface area (Å²) in [6.07, 6.45) is 4.93. The Kier molecular flexibility index (Phi) is 7.14. The highest BCUT2D eigenvalue weighted by molar-refractivity contribution is 5.50. The van der Waals surface area contributed by atoms with E-state index in [4.69, 9.17) is 14.2 Å². The second-order valence-corrected chi connectivity index (χ2v) is 3.86. The van der Waals surface area contributed by atoms with Gasteiger partial charge in [0, 0.05) is 6.61 Å². The SMILES string of the molecule is CCOC(C)OCC/C=C\c1ccc(OC)cc1. The standard InChI is InChI=1S/C15H22O3/c1-4-17-13(2)18-12-6-5-7-14-8-10-15(16-3)11-9-14/h5,7-11,13H,4,6,12H2,1-3H3/b7-5-. The van der Waals surface area contributed by atoms with Gasteiger partial charge in [0.1, 0.15) is 5.75 Å². The van der Waals surface area contributed by atoms with Gasteiger partial charge in [-0.2, -0.15) is 0 Å². The number of rotatable bonds is 8. The first kappa shape index (κ1) is 14.7. The van der Waals surface area contributed by atoms with Crippen LogP contribution in [0, 0.1) is 0 Å². The van der Waals surface area contributed by atoms with E-state index in [9.17, 15) is 0 Å². The first-order chi connectivity index (χ1) is 8.76. The van der Waals surface area contributed by atoms with Gasteiger partial charge in [0.15, 0.2) is 6.29 Å². The van der Waals surface area contributed by atoms with E-state index < -0.39 is 0 Å². The average Bonchev–Trinajstić information content (AvgIpc) is 2.39. The van der Waals surface area contributed by atoms with Gasteiger partial charge < -0.3 is 14.2 Å². The molecule has 0 N–H and O–H groups in total. The fourth-order valence-electron chi connectivity index (χ4n) is 1.52. The molecule has 0 aliphatic rings. The molecule has 1 aromatic carbocycles. The molecule has 0 aromatic heterocycles. The molecule has 1 rings (SSSR count). The van der Waals surface area contributed by atoms with Crippen LogP contribution < -0.4 is 4.74 Å². The average molecular weight is 250 g/mol. The molecule has 0 aliphatic heterocycles. The fraction of sp³-hybridized carbons (Fsp3) is 0.467. The van der Waals surface area contributed by atoms with E-state index in [-0.39, 0.29) is 6.29 Å². The van der Waals surface area contributed by atoms with Crippen molar-refractivity contribution in [3.8, 4) is 5.75 Å². The third-order valence-electron chi connectivity index (χ3n) is 2.46. The van der Waals surface area contributed by atoms with Gasteiger partial charge in [0.05, 0.1) is 13.7 Å². The van der Waals surface area contributed by atoms with Gasteiger partial charge in [-0.05, 0) is 38.0 Å². The summed E-state index contributed by atoms with van der Waals surface area (Å²) in [6.45, 7) is 5.23. The van der Waals surface area contributed by atoms with Gasteiger partial charge in [0.25, 0.3) is 0 Å². The highest BCUT2D eigenvalue weighted by Crippen LogP contribution is 2.12. The van der Waals surface area contributed by atoms with Crippen LogP contribution >= 0.6 is 0 Å². The lowest BCUT2D eigenvalue weighted by Crippen LogP contribution is -2.12. The van der Waals surface area contributed by atoms with Crippen LogP contribution in [-0.4, -0.2) is 26.6 Å². The molecule has 0 heterocycles. The third-order valence-corrected chi connectivity index (χ3v) is 2.46. The third kappa shape index (κ3) is 5.84. The number of benzene rings is 1. The Labute approximate surface area is 109 Å². The normalized spacial score (nSPS) is 12.8. The molecule has 0 saturated carbocycles. The van der Waals surface area contributed by atoms with Gasteiger partial charge in [-0.25, -0.2) is 0 Å². The van der Waals surface area contributed by atoms with E-state index in [1.165, 1.54) is 0 Å². The van der Waals surface area contributed by atoms with Crippen LogP contribution in [0.15, 0.2) is 30.3 Å². The van der Waals surface area contributed by atoms with Crippen LogP contribution in [0.1, 0.15) is 25.8 Å². The van der Waals surface area contributed by atoms with E-state index in [0.717, 1.165) is 17.7 Å². The summed E-state index contributed by atoms with van der Waals surface area (Å²) in [4.78, 5) is 0. The van der Waals surface area contributed by atoms with Crippen molar-refractivity contribution >= 4 is 6.08 Å². The van der Waals surface area contributed by atoms with Crippen molar-refractivity contribution in [3.63, 3.8) is 0 Å². The molecular weight excluding hydrogens is 228 g/mol. The maximum Gasteiger partial charge on any atom is 0.154 e. The summed E-state index contributed by atoms with van der Waals surface area (Å²) in [7, 11) is 1.67. The Morgan fingerprint density at radius 1 is 1.17 bits per heavy atom. The van der Waals surface area contributed by atoms with Crippen molar-refractivity contribution in [1.82, 2.24) is 0 Å². The maximum absolute atomic E-state index is 5.46. The Morgan fingerprint density at radius 2 is 1.89 bits per heavy atom. The second-order valence-electron chi connectivity index (χ2n) is 3.86. The molecule has 100 valence electrons. The summed E-state index contributed by atoms with van der Waals surface area (Å²) in [5, 5.41) is 0. The van der Waals surface area contributed by atoms with Gasteiger partial charge in [-0.1, -0.05) is 24.3 Å². The Bertz CT molecular complexity index is 343. The highest BCUT2D eigenvalue weighted by atomic mass is 16.7. The summed E-state index contributed by atoms with van der Waals surface area (Å²) < 4.78 is 15.8. The largest absolute Gasteiger partial charge is 0.497 e. The molecule has 0 aliphatic carbocycles. The van der Waals surface area contributed by atoms with E-state index >= 15 is 0 Å². The van der Waals surface area contributed by atoms with Crippen LogP contribution in [0.5, 0.6) is 5.75 Å². The van der Waals surface area contributed by atoms with Gasteiger partial charge >= 0.3 is 0 Å². The van der Waals surface area contributed by atoms with Gasteiger partial charge in [0.2, 0.25) is 0 Å². The number of hydrogen-bond donors (Lipinski definition) is 0. The van der Waals surface area contributed by atoms with E-state index in [1.54, 1.807) is 7.11 Å². The van der Waals surface area contributed by atoms with Crippen LogP contribution in [0.3, 0.4) is 0 Å². The van der Waals surface area contributed by atoms with Gasteiger partial charge in [-0.3, -0.25) is 0 Å². The van der Waals surface area contributed by atoms with E-state index in [1.807, 2.05) is 38.1 Å². The quantitative estimate of drug-likeness (QED) is 0.522. The van der Waals surface area contributed by atoms with Crippen molar-refractivity contribution in [3.05, 3.63) is 35.9 Å². The van der Waals surface area contributed by atoms with Gasteiger partial charge in [-0.15, -0.1) is 0 Å². The van der Waals surface area contributed by atoms with E-state index in [2.05, 4.69) is 12.2 Å². The molecule has 3 nitrogen and oxygen atoms in total. The molecule has 3 heteroatoms. The molecule has 0 fully saturated rings. The summed E-state index contributed by atoms with van der Waals surface area (Å²) in [6, 6.07) is 7.96. The van der Waals surface area contributed by atoms with Crippen LogP contribution in [-0.2, 0) is 9.47 Å². The number of hydrogen-bond acceptors (Lipinski definition) is 3. The van der Waals surface area contributed by atoms with Crippen LogP contribution in [0.2, 0.25) is 0 Å². The maximum atomic E-state index is 5.46. The summed E-state index contributed by atoms with van der Waals surface area (Å²) >= 11 is 0. The molecule has 0 amide bonds. The number of ether oxygens (including phenoxy) is 3. The van der Waals surface area contributed by atoms with Crippen LogP contribution in [0.4, 0.5) is 0 Å². The molecule has 1 unspecified atom stereocenters. The first-order valence-electron chi connectivity index (χ1n) is 6.30. The smallest absolute Gasteiger partial charge is 0.154 e. The van der Waals surface area contributed by atoms with Crippen molar-refractivity contribution in [1.29, 1.82) is 0 Å². The Morgan fingerprint density at radius 3 is 2.50 bits per heavy atom. The lowest BCUT2D eigenvalue weighted by molar-refractivity contribution is -0.125. The molecular formula is C15H22O3. The minimum absolute atomic E-state index is 0.121. The predicted octanol–water partition coefficient (Wildman–Crippen LogP) is 3.50. The summed E-state index contributed by atoms with van der Waals surface area (Å²) in [5.74, 6) is 0.876. The second kappa shape index (κ2) is 8.72. The van der Waals surface area contributed by atoms with Crippen molar-refractivity contribution in [2.24, 2.45) is 0 Å². The minimum Gasteiger partial charge on any atom is -0.497 e. The Hall–Kier alpha value is -1.32. The van der Waals surface area contributed by atoms with Crippen molar-refractivity contribution in [2.75, 3.05) is 20.3 Å². The molecule has 0 spiro atoms. The molecule has 0 radical (unpaired) electrons. The zero-order chi connectivity index (χ0) is 13.2. The minimum atomic E-state index is -0.121. The highest BCUT2D eigenvalue weighted by Gasteiger charge is 1.97. The summed E-state index contributed by atoms with van der Waals surface area (Å²) in [5.41, 5.74) is 1.16. The number of methoxy groups -OCH3 is 1. The molecule has 18 heavy (non-hydrogen) atoms. The monoisotopic (exact) mass is 250 g/mol. The zero-order valence-electron chi connectivity index (χ0n) is 11.4. The zero-order valence-corrected chi connectivity index (χ0v) is 11.4. The van der Waals surface area contributed by atoms with E-state index in [0.29, 0.717) is 13.2 Å². The molecule has 1 atom stereocenters. The van der Waals surface area contributed by atoms with Crippen molar-refractivity contribution in [2.45, 2.75) is 26.6 Å². The van der Waals surface area contributed by atoms with Crippen LogP contribution in [0.25, 0.3) is 6.08 Å². The van der Waals surface area contributed by atoms with Crippen molar-refractivity contribution < 1.29 is 14.2 Å². The molecule has 0 saturated heterocycles. The Balaban J connectivity index is 2.23. The lowest BCUT2D eigenvalue weighted by atomic mass is 10.2. The lowest BCUT2D eigenvalue weighted by Gasteiger charge is -2.11. The topological polar surface area (TPSA) is 27.7 Å².